The highest BCUT2D eigenvalue weighted by atomic mass is 16.3. The first-order valence-electron chi connectivity index (χ1n) is 12.4. The Balaban J connectivity index is 1.69. The van der Waals surface area contributed by atoms with Crippen molar-refractivity contribution in [1.82, 2.24) is 4.90 Å². The number of rotatable bonds is 3. The van der Waals surface area contributed by atoms with Gasteiger partial charge in [-0.15, -0.1) is 0 Å². The lowest BCUT2D eigenvalue weighted by molar-refractivity contribution is -0.196. The number of nitrogens with two attached hydrogens (primary N) is 1. The lowest BCUT2D eigenvalue weighted by Gasteiger charge is -2.56. The molecule has 1 amide bonds. The molecule has 10 nitrogen and oxygen atoms in total. The Hall–Kier alpha value is -3.21. The Labute approximate surface area is 213 Å². The van der Waals surface area contributed by atoms with E-state index < -0.39 is 76.4 Å². The third-order valence-corrected chi connectivity index (χ3v) is 8.93. The summed E-state index contributed by atoms with van der Waals surface area (Å²) in [6, 6.07) is 2.06. The van der Waals surface area contributed by atoms with Gasteiger partial charge in [-0.1, -0.05) is 31.2 Å². The van der Waals surface area contributed by atoms with E-state index in [1.807, 2.05) is 12.2 Å². The number of likely N-dealkylation sites (N-methyl/N-ethyl adjacent to an activating group) is 1. The molecule has 1 aromatic carbocycles. The quantitative estimate of drug-likeness (QED) is 0.318. The average molecular weight is 511 g/mol. The molecule has 0 saturated heterocycles. The van der Waals surface area contributed by atoms with Crippen molar-refractivity contribution < 1.29 is 39.3 Å². The summed E-state index contributed by atoms with van der Waals surface area (Å²) in [5.41, 5.74) is 3.24. The molecule has 0 radical (unpaired) electrons. The number of benzene rings is 1. The molecule has 196 valence electrons. The van der Waals surface area contributed by atoms with Crippen LogP contribution in [-0.2, 0) is 19.2 Å². The summed E-state index contributed by atoms with van der Waals surface area (Å²) in [7, 11) is 2.92. The second-order valence-corrected chi connectivity index (χ2v) is 10.9. The van der Waals surface area contributed by atoms with Crippen LogP contribution in [-0.4, -0.2) is 81.1 Å². The van der Waals surface area contributed by atoms with E-state index in [4.69, 9.17) is 5.73 Å². The minimum atomic E-state index is -2.99. The number of primary amides is 1. The number of Topliss-reactive ketones (excluding diaryl/α,β-unsaturated/α-hetero) is 4. The highest BCUT2D eigenvalue weighted by Crippen LogP contribution is 2.55. The van der Waals surface area contributed by atoms with Crippen molar-refractivity contribution in [2.75, 3.05) is 14.1 Å². The summed E-state index contributed by atoms with van der Waals surface area (Å²) in [4.78, 5) is 67.8. The highest BCUT2D eigenvalue weighted by molar-refractivity contribution is 6.32. The van der Waals surface area contributed by atoms with E-state index in [-0.39, 0.29) is 17.2 Å². The number of phenols is 1. The van der Waals surface area contributed by atoms with Gasteiger partial charge in [0.2, 0.25) is 5.91 Å². The van der Waals surface area contributed by atoms with Gasteiger partial charge in [-0.3, -0.25) is 28.9 Å². The minimum Gasteiger partial charge on any atom is -0.507 e. The van der Waals surface area contributed by atoms with Crippen LogP contribution < -0.4 is 5.73 Å². The van der Waals surface area contributed by atoms with E-state index in [0.29, 0.717) is 11.1 Å². The third kappa shape index (κ3) is 3.19. The second kappa shape index (κ2) is 8.41. The molecule has 4 unspecified atom stereocenters. The van der Waals surface area contributed by atoms with E-state index in [0.717, 1.165) is 12.8 Å². The maximum absolute atomic E-state index is 14.0. The molecule has 0 spiro atoms. The molecule has 9 atom stereocenters. The number of hydrogen-bond acceptors (Lipinski definition) is 9. The Bertz CT molecular complexity index is 1290. The van der Waals surface area contributed by atoms with Crippen molar-refractivity contribution in [2.45, 2.75) is 49.3 Å². The van der Waals surface area contributed by atoms with Crippen LogP contribution in [0.3, 0.4) is 0 Å². The van der Waals surface area contributed by atoms with Gasteiger partial charge in [0.25, 0.3) is 0 Å². The zero-order chi connectivity index (χ0) is 27.1. The molecule has 0 bridgehead atoms. The van der Waals surface area contributed by atoms with E-state index in [1.165, 1.54) is 19.0 Å². The van der Waals surface area contributed by atoms with Crippen molar-refractivity contribution in [1.29, 1.82) is 0 Å². The fourth-order valence-corrected chi connectivity index (χ4v) is 7.20. The first-order chi connectivity index (χ1) is 17.3. The zero-order valence-corrected chi connectivity index (χ0v) is 20.7. The van der Waals surface area contributed by atoms with Crippen LogP contribution >= 0.6 is 0 Å². The SMILES string of the molecule is C[C@H]1c2ccc(C3C=CCC3)c(O)c2C(=O)C2C(=O)[C@]3(O)C(=O)C(C(N)=O)C(=O)C(N(C)C)[C@@H]3[C@@H](O)[C@@H]21. The fourth-order valence-electron chi connectivity index (χ4n) is 7.20. The van der Waals surface area contributed by atoms with Gasteiger partial charge < -0.3 is 21.1 Å². The number of phenolic OH excluding ortho intramolecular Hbond substituents is 1. The first kappa shape index (κ1) is 25.4. The number of aromatic hydroxyl groups is 1. The molecule has 1 aromatic rings. The number of ketones is 4. The number of fused-ring (bicyclic) bond motifs is 3. The van der Waals surface area contributed by atoms with Crippen LogP contribution in [0, 0.1) is 23.7 Å². The van der Waals surface area contributed by atoms with Gasteiger partial charge in [0, 0.05) is 17.4 Å². The summed E-state index contributed by atoms with van der Waals surface area (Å²) in [5, 5.41) is 34.4. The topological polar surface area (TPSA) is 175 Å². The van der Waals surface area contributed by atoms with Crippen LogP contribution in [0.5, 0.6) is 5.75 Å². The van der Waals surface area contributed by atoms with Crippen molar-refractivity contribution in [2.24, 2.45) is 29.4 Å². The Morgan fingerprint density at radius 1 is 1.11 bits per heavy atom. The number of aliphatic hydroxyl groups is 2. The van der Waals surface area contributed by atoms with Gasteiger partial charge in [0.15, 0.2) is 34.7 Å². The smallest absolute Gasteiger partial charge is 0.235 e. The number of allylic oxidation sites excluding steroid dienone is 2. The maximum atomic E-state index is 14.0. The molecule has 37 heavy (non-hydrogen) atoms. The van der Waals surface area contributed by atoms with Gasteiger partial charge in [-0.2, -0.15) is 0 Å². The van der Waals surface area contributed by atoms with Gasteiger partial charge in [0.1, 0.15) is 5.75 Å². The molecular weight excluding hydrogens is 480 g/mol. The van der Waals surface area contributed by atoms with Crippen molar-refractivity contribution in [3.05, 3.63) is 41.0 Å². The number of aliphatic hydroxyl groups excluding tert-OH is 1. The monoisotopic (exact) mass is 510 g/mol. The molecule has 0 heterocycles. The Kier molecular flexibility index (Phi) is 5.78. The van der Waals surface area contributed by atoms with Gasteiger partial charge in [0.05, 0.1) is 29.5 Å². The summed E-state index contributed by atoms with van der Waals surface area (Å²) in [5.74, 6) is -13.1. The average Bonchev–Trinajstić information content (AvgIpc) is 3.35. The van der Waals surface area contributed by atoms with Gasteiger partial charge in [-0.05, 0) is 38.4 Å². The molecule has 10 heteroatoms. The van der Waals surface area contributed by atoms with Crippen molar-refractivity contribution in [3.63, 3.8) is 0 Å². The van der Waals surface area contributed by atoms with Crippen molar-refractivity contribution >= 4 is 29.0 Å². The lowest BCUT2D eigenvalue weighted by atomic mass is 9.49. The molecule has 4 aliphatic carbocycles. The summed E-state index contributed by atoms with van der Waals surface area (Å²) >= 11 is 0. The molecule has 5 rings (SSSR count). The lowest BCUT2D eigenvalue weighted by Crippen LogP contribution is -2.77. The molecule has 0 aromatic heterocycles. The standard InChI is InChI=1S/C27H30N2O8/c1-10-12-8-9-13(11-6-4-5-7-11)20(30)15(12)21(31)16-14(10)22(32)18-19(29(2)3)23(33)17(26(28)36)25(35)27(18,37)24(16)34/h4,6,8-11,14,16-19,22,30,32,37H,5,7H2,1-3H3,(H2,28,36)/t10-,11?,14+,16?,17?,18+,19?,22-,27-/m0/s1. The predicted molar refractivity (Wildman–Crippen MR) is 129 cm³/mol. The van der Waals surface area contributed by atoms with Crippen LogP contribution in [0.1, 0.15) is 53.1 Å². The van der Waals surface area contributed by atoms with E-state index >= 15 is 0 Å². The first-order valence-corrected chi connectivity index (χ1v) is 12.4. The normalized spacial score (nSPS) is 39.0. The predicted octanol–water partition coefficient (Wildman–Crippen LogP) is -0.168. The molecule has 5 N–H and O–H groups in total. The highest BCUT2D eigenvalue weighted by Gasteiger charge is 2.72. The number of nitrogens with zero attached hydrogens (tertiary/aromatic N) is 1. The number of carbonyl (C=O) groups is 5. The van der Waals surface area contributed by atoms with Crippen molar-refractivity contribution in [3.8, 4) is 5.75 Å². The van der Waals surface area contributed by atoms with Crippen LogP contribution in [0.25, 0.3) is 0 Å². The number of hydrogen-bond donors (Lipinski definition) is 4. The van der Waals surface area contributed by atoms with Crippen LogP contribution in [0.4, 0.5) is 0 Å². The van der Waals surface area contributed by atoms with E-state index in [9.17, 15) is 39.3 Å². The number of amides is 1. The minimum absolute atomic E-state index is 0.0657. The second-order valence-electron chi connectivity index (χ2n) is 10.9. The van der Waals surface area contributed by atoms with E-state index in [1.54, 1.807) is 19.1 Å². The Morgan fingerprint density at radius 2 is 1.76 bits per heavy atom. The maximum Gasteiger partial charge on any atom is 0.235 e. The van der Waals surface area contributed by atoms with Gasteiger partial charge >= 0.3 is 0 Å². The zero-order valence-electron chi connectivity index (χ0n) is 20.7. The molecule has 2 saturated carbocycles. The molecule has 4 aliphatic rings. The summed E-state index contributed by atoms with van der Waals surface area (Å²) in [6.07, 6.45) is 3.86. The Morgan fingerprint density at radius 3 is 2.32 bits per heavy atom. The summed E-state index contributed by atoms with van der Waals surface area (Å²) < 4.78 is 0. The van der Waals surface area contributed by atoms with E-state index in [2.05, 4.69) is 0 Å². The molecule has 2 fully saturated rings. The molecule has 0 aliphatic heterocycles. The van der Waals surface area contributed by atoms with Crippen LogP contribution in [0.15, 0.2) is 24.3 Å². The fraction of sp³-hybridized carbons (Fsp3) is 0.519. The van der Waals surface area contributed by atoms with Gasteiger partial charge in [-0.25, -0.2) is 0 Å². The van der Waals surface area contributed by atoms with Crippen LogP contribution in [0.2, 0.25) is 0 Å². The third-order valence-electron chi connectivity index (χ3n) is 8.93. The summed E-state index contributed by atoms with van der Waals surface area (Å²) in [6.45, 7) is 1.70. The largest absolute Gasteiger partial charge is 0.507 e. The molecular formula is C27H30N2O8. The number of carbonyl (C=O) groups excluding carboxylic acids is 5.